The molecule has 0 saturated carbocycles. The van der Waals surface area contributed by atoms with Gasteiger partial charge >= 0.3 is 16.5 Å². The molecule has 9 heteroatoms. The summed E-state index contributed by atoms with van der Waals surface area (Å²) in [6.45, 7) is 4.35. The maximum atomic E-state index is 11.1. The molecule has 2 rings (SSSR count). The van der Waals surface area contributed by atoms with Gasteiger partial charge in [0.05, 0.1) is 9.79 Å². The molecule has 0 saturated heterocycles. The van der Waals surface area contributed by atoms with Crippen molar-refractivity contribution < 1.29 is 42.4 Å². The van der Waals surface area contributed by atoms with E-state index in [1.165, 1.54) is 63.5 Å². The largest absolute Gasteiger partial charge is 2.00 e. The molecule has 0 aromatic heterocycles. The number of benzene rings is 2. The van der Waals surface area contributed by atoms with Crippen molar-refractivity contribution in [2.75, 3.05) is 0 Å². The van der Waals surface area contributed by atoms with Gasteiger partial charge in [-0.1, -0.05) is 114 Å². The minimum Gasteiger partial charge on any atom is -0.744 e. The molecule has 0 radical (unpaired) electrons. The molecule has 0 aliphatic carbocycles. The van der Waals surface area contributed by atoms with Gasteiger partial charge in [0.25, 0.3) is 0 Å². The predicted octanol–water partition coefficient (Wildman–Crippen LogP) is 6.98. The van der Waals surface area contributed by atoms with Gasteiger partial charge in [0.2, 0.25) is 0 Å². The van der Waals surface area contributed by atoms with Gasteiger partial charge in [0, 0.05) is 0 Å². The van der Waals surface area contributed by atoms with E-state index in [4.69, 9.17) is 0 Å². The van der Waals surface area contributed by atoms with E-state index >= 15 is 0 Å². The molecule has 2 aromatic carbocycles. The van der Waals surface area contributed by atoms with Gasteiger partial charge in [-0.05, 0) is 48.9 Å². The zero-order valence-corrected chi connectivity index (χ0v) is 24.7. The fourth-order valence-electron chi connectivity index (χ4n) is 4.10. The quantitative estimate of drug-likeness (QED) is 0.117. The van der Waals surface area contributed by atoms with E-state index in [0.29, 0.717) is 24.0 Å². The average Bonchev–Trinajstić information content (AvgIpc) is 2.83. The molecule has 0 spiro atoms. The van der Waals surface area contributed by atoms with Crippen LogP contribution in [0.15, 0.2) is 58.3 Å². The second-order valence-electron chi connectivity index (χ2n) is 9.16. The van der Waals surface area contributed by atoms with Crippen molar-refractivity contribution in [3.8, 4) is 0 Å². The molecule has 37 heavy (non-hydrogen) atoms. The topological polar surface area (TPSA) is 114 Å². The van der Waals surface area contributed by atoms with Gasteiger partial charge < -0.3 is 9.11 Å². The molecule has 0 atom stereocenters. The van der Waals surface area contributed by atoms with Crippen LogP contribution in [-0.2, 0) is 49.6 Å². The van der Waals surface area contributed by atoms with Gasteiger partial charge in [-0.2, -0.15) is 0 Å². The van der Waals surface area contributed by atoms with Crippen molar-refractivity contribution in [1.82, 2.24) is 0 Å². The number of hydrogen-bond acceptors (Lipinski definition) is 6. The first-order chi connectivity index (χ1) is 17.1. The Bertz CT molecular complexity index is 998. The summed E-state index contributed by atoms with van der Waals surface area (Å²) in [4.78, 5) is -0.114. The van der Waals surface area contributed by atoms with Crippen LogP contribution in [0.2, 0.25) is 0 Å². The Hall–Kier alpha value is -1.25. The van der Waals surface area contributed by atoms with Gasteiger partial charge in [-0.15, -0.1) is 0 Å². The Labute approximate surface area is 235 Å². The Morgan fingerprint density at radius 2 is 0.811 bits per heavy atom. The zero-order chi connectivity index (χ0) is 26.9. The predicted molar refractivity (Wildman–Crippen MR) is 143 cm³/mol. The second-order valence-corrected chi connectivity index (χ2v) is 11.9. The molecule has 0 aliphatic rings. The minimum atomic E-state index is -4.33. The summed E-state index contributed by atoms with van der Waals surface area (Å²) in [5, 5.41) is 0. The fraction of sp³-hybridized carbons (Fsp3) is 0.571. The Balaban J connectivity index is 0.000000682. The first-order valence-electron chi connectivity index (χ1n) is 13.2. The van der Waals surface area contributed by atoms with Crippen molar-refractivity contribution in [1.29, 1.82) is 0 Å². The number of hydrogen-bond donors (Lipinski definition) is 0. The van der Waals surface area contributed by atoms with Crippen molar-refractivity contribution in [2.45, 2.75) is 114 Å². The summed E-state index contributed by atoms with van der Waals surface area (Å²) in [5.41, 5.74) is 1.31. The van der Waals surface area contributed by atoms with Crippen LogP contribution >= 0.6 is 0 Å². The van der Waals surface area contributed by atoms with Gasteiger partial charge in [-0.3, -0.25) is 0 Å². The van der Waals surface area contributed by atoms with Gasteiger partial charge in [0.15, 0.2) is 0 Å². The van der Waals surface area contributed by atoms with Crippen molar-refractivity contribution in [3.05, 3.63) is 59.7 Å². The zero-order valence-electron chi connectivity index (χ0n) is 22.1. The molecular weight excluding hydrogens is 555 g/mol. The normalized spacial score (nSPS) is 11.4. The molecule has 0 aliphatic heterocycles. The maximum Gasteiger partial charge on any atom is 2.00 e. The summed E-state index contributed by atoms with van der Waals surface area (Å²) in [6, 6.07) is 13.0. The monoisotopic (exact) mass is 596 g/mol. The standard InChI is InChI=1S/2C14H22O3S.Ni/c2*1-2-3-4-5-6-7-10-13-11-8-9-12-14(13)18(15,16)17;/h2*8-9,11-12H,2-7,10H2,1H3,(H,15,16,17);/q;;+2/p-2. The maximum absolute atomic E-state index is 11.1. The molecule has 0 N–H and O–H groups in total. The first-order valence-corrected chi connectivity index (χ1v) is 16.0. The third kappa shape index (κ3) is 15.7. The Kier molecular flexibility index (Phi) is 19.1. The number of unbranched alkanes of at least 4 members (excludes halogenated alkanes) is 10. The molecule has 0 bridgehead atoms. The van der Waals surface area contributed by atoms with Crippen LogP contribution in [0.5, 0.6) is 0 Å². The number of aryl methyl sites for hydroxylation is 2. The first kappa shape index (κ1) is 35.8. The second kappa shape index (κ2) is 19.8. The van der Waals surface area contributed by atoms with Crippen molar-refractivity contribution in [3.63, 3.8) is 0 Å². The smallest absolute Gasteiger partial charge is 0.744 e. The summed E-state index contributed by atoms with van der Waals surface area (Å²) in [7, 11) is -8.67. The molecule has 2 aromatic rings. The van der Waals surface area contributed by atoms with Crippen LogP contribution < -0.4 is 0 Å². The van der Waals surface area contributed by atoms with Crippen LogP contribution in [0, 0.1) is 0 Å². The van der Waals surface area contributed by atoms with Gasteiger partial charge in [0.1, 0.15) is 20.2 Å². The third-order valence-electron chi connectivity index (χ3n) is 6.08. The van der Waals surface area contributed by atoms with E-state index in [1.54, 1.807) is 36.4 Å². The van der Waals surface area contributed by atoms with Crippen molar-refractivity contribution in [2.24, 2.45) is 0 Å². The minimum absolute atomic E-state index is 0. The Morgan fingerprint density at radius 1 is 0.514 bits per heavy atom. The SMILES string of the molecule is CCCCCCCCc1ccccc1S(=O)(=O)[O-].CCCCCCCCc1ccccc1S(=O)(=O)[O-].[Ni+2]. The summed E-state index contributed by atoms with van der Waals surface area (Å²) < 4.78 is 66.4. The molecule has 212 valence electrons. The van der Waals surface area contributed by atoms with Crippen LogP contribution in [0.3, 0.4) is 0 Å². The van der Waals surface area contributed by atoms with Crippen LogP contribution in [0.4, 0.5) is 0 Å². The van der Waals surface area contributed by atoms with E-state index in [1.807, 2.05) is 0 Å². The molecule has 0 heterocycles. The van der Waals surface area contributed by atoms with Crippen LogP contribution in [-0.4, -0.2) is 25.9 Å². The van der Waals surface area contributed by atoms with E-state index in [2.05, 4.69) is 13.8 Å². The van der Waals surface area contributed by atoms with Gasteiger partial charge in [-0.25, -0.2) is 16.8 Å². The molecular formula is C28H42NiO6S2. The van der Waals surface area contributed by atoms with E-state index < -0.39 is 20.2 Å². The molecule has 6 nitrogen and oxygen atoms in total. The summed E-state index contributed by atoms with van der Waals surface area (Å²) in [6.07, 6.45) is 15.2. The van der Waals surface area contributed by atoms with Crippen LogP contribution in [0.1, 0.15) is 102 Å². The van der Waals surface area contributed by atoms with E-state index in [-0.39, 0.29) is 26.3 Å². The molecule has 0 unspecified atom stereocenters. The third-order valence-corrected chi connectivity index (χ3v) is 7.96. The molecule has 0 fully saturated rings. The summed E-state index contributed by atoms with van der Waals surface area (Å²) in [5.74, 6) is 0. The van der Waals surface area contributed by atoms with E-state index in [9.17, 15) is 25.9 Å². The fourth-order valence-corrected chi connectivity index (χ4v) is 5.57. The van der Waals surface area contributed by atoms with Crippen LogP contribution in [0.25, 0.3) is 0 Å². The van der Waals surface area contributed by atoms with Crippen molar-refractivity contribution >= 4 is 20.2 Å². The number of rotatable bonds is 16. The summed E-state index contributed by atoms with van der Waals surface area (Å²) >= 11 is 0. The average molecular weight is 597 g/mol. The molecule has 0 amide bonds. The van der Waals surface area contributed by atoms with E-state index in [0.717, 1.165) is 25.7 Å². The Morgan fingerprint density at radius 3 is 1.14 bits per heavy atom.